The highest BCUT2D eigenvalue weighted by atomic mass is 32.1. The van der Waals surface area contributed by atoms with E-state index in [0.29, 0.717) is 18.0 Å². The molecule has 2 fully saturated rings. The molecule has 1 saturated heterocycles. The van der Waals surface area contributed by atoms with E-state index in [-0.39, 0.29) is 5.91 Å². The number of likely N-dealkylation sites (tertiary alicyclic amines) is 1. The number of aromatic nitrogens is 1. The van der Waals surface area contributed by atoms with E-state index in [1.165, 1.54) is 37.0 Å². The molecule has 3 rings (SSSR count). The van der Waals surface area contributed by atoms with E-state index in [2.05, 4.69) is 25.5 Å². The van der Waals surface area contributed by atoms with Gasteiger partial charge in [-0.1, -0.05) is 12.8 Å². The number of hydrogen-bond acceptors (Lipinski definition) is 4. The Morgan fingerprint density at radius 2 is 1.96 bits per heavy atom. The van der Waals surface area contributed by atoms with Crippen LogP contribution in [0.15, 0.2) is 10.5 Å². The fourth-order valence-corrected chi connectivity index (χ4v) is 4.58. The normalized spacial score (nSPS) is 23.9. The third-order valence-electron chi connectivity index (χ3n) is 5.13. The third kappa shape index (κ3) is 3.88. The number of nitrogens with one attached hydrogen (secondary N) is 2. The molecule has 1 aromatic rings. The molecule has 0 radical (unpaired) electrons. The molecule has 1 saturated carbocycles. The Kier molecular flexibility index (Phi) is 5.71. The number of hydrogen-bond donors (Lipinski definition) is 2. The van der Waals surface area contributed by atoms with Gasteiger partial charge in [-0.2, -0.15) is 0 Å². The lowest BCUT2D eigenvalue weighted by molar-refractivity contribution is 0.0957. The van der Waals surface area contributed by atoms with Crippen LogP contribution in [0.25, 0.3) is 0 Å². The zero-order valence-electron chi connectivity index (χ0n) is 14.5. The first-order chi connectivity index (χ1) is 11.7. The molecule has 1 amide bonds. The van der Waals surface area contributed by atoms with Crippen molar-refractivity contribution in [1.29, 1.82) is 0 Å². The molecule has 0 aromatic carbocycles. The molecule has 1 aliphatic carbocycles. The first-order valence-corrected chi connectivity index (χ1v) is 9.71. The molecular formula is C17H27N5OS. The van der Waals surface area contributed by atoms with Gasteiger partial charge >= 0.3 is 0 Å². The average molecular weight is 350 g/mol. The predicted octanol–water partition coefficient (Wildman–Crippen LogP) is 1.88. The van der Waals surface area contributed by atoms with Crippen LogP contribution in [0.5, 0.6) is 0 Å². The molecule has 2 unspecified atom stereocenters. The molecule has 1 aliphatic heterocycles. The molecule has 0 bridgehead atoms. The first kappa shape index (κ1) is 17.2. The second kappa shape index (κ2) is 7.96. The largest absolute Gasteiger partial charge is 0.354 e. The fraction of sp³-hybridized carbons (Fsp3) is 0.706. The van der Waals surface area contributed by atoms with Crippen molar-refractivity contribution >= 4 is 23.2 Å². The Bertz CT molecular complexity index is 586. The molecule has 2 N–H and O–H groups in total. The molecule has 1 aromatic heterocycles. The summed E-state index contributed by atoms with van der Waals surface area (Å²) in [6.45, 7) is 5.36. The summed E-state index contributed by atoms with van der Waals surface area (Å²) in [5, 5.41) is 6.33. The van der Waals surface area contributed by atoms with Gasteiger partial charge in [-0.25, -0.2) is 4.98 Å². The summed E-state index contributed by atoms with van der Waals surface area (Å²) in [5.74, 6) is 2.60. The van der Waals surface area contributed by atoms with E-state index < -0.39 is 0 Å². The van der Waals surface area contributed by atoms with Crippen molar-refractivity contribution in [2.45, 2.75) is 32.6 Å². The maximum absolute atomic E-state index is 12.1. The third-order valence-corrected chi connectivity index (χ3v) is 6.06. The SMILES string of the molecule is CN=C(NCCNC(=O)c1scnc1C)N1CC2CCCCC2C1. The highest BCUT2D eigenvalue weighted by Crippen LogP contribution is 2.35. The summed E-state index contributed by atoms with van der Waals surface area (Å²) in [6.07, 6.45) is 5.49. The minimum Gasteiger partial charge on any atom is -0.354 e. The van der Waals surface area contributed by atoms with E-state index in [9.17, 15) is 4.79 Å². The molecule has 24 heavy (non-hydrogen) atoms. The Labute approximate surface area is 147 Å². The van der Waals surface area contributed by atoms with E-state index in [0.717, 1.165) is 36.6 Å². The summed E-state index contributed by atoms with van der Waals surface area (Å²) >= 11 is 1.38. The zero-order valence-corrected chi connectivity index (χ0v) is 15.4. The number of aliphatic imine (C=N–C) groups is 1. The van der Waals surface area contributed by atoms with Crippen LogP contribution in [0.3, 0.4) is 0 Å². The van der Waals surface area contributed by atoms with Crippen LogP contribution in [-0.4, -0.2) is 55.0 Å². The lowest BCUT2D eigenvalue weighted by atomic mass is 9.82. The van der Waals surface area contributed by atoms with Gasteiger partial charge in [-0.05, 0) is 31.6 Å². The summed E-state index contributed by atoms with van der Waals surface area (Å²) in [4.78, 5) is 23.7. The van der Waals surface area contributed by atoms with Crippen molar-refractivity contribution in [3.8, 4) is 0 Å². The molecule has 2 atom stereocenters. The van der Waals surface area contributed by atoms with Gasteiger partial charge in [-0.15, -0.1) is 11.3 Å². The van der Waals surface area contributed by atoms with Crippen molar-refractivity contribution in [3.05, 3.63) is 16.1 Å². The molecule has 0 spiro atoms. The van der Waals surface area contributed by atoms with Crippen LogP contribution in [0.1, 0.15) is 41.0 Å². The van der Waals surface area contributed by atoms with E-state index in [1.807, 2.05) is 14.0 Å². The van der Waals surface area contributed by atoms with Crippen molar-refractivity contribution in [1.82, 2.24) is 20.5 Å². The van der Waals surface area contributed by atoms with Crippen molar-refractivity contribution < 1.29 is 4.79 Å². The van der Waals surface area contributed by atoms with Gasteiger partial charge in [0.2, 0.25) is 0 Å². The second-order valence-corrected chi connectivity index (χ2v) is 7.56. The topological polar surface area (TPSA) is 69.6 Å². The van der Waals surface area contributed by atoms with Gasteiger partial charge in [-0.3, -0.25) is 9.79 Å². The Balaban J connectivity index is 1.42. The van der Waals surface area contributed by atoms with Gasteiger partial charge in [0.1, 0.15) is 4.88 Å². The van der Waals surface area contributed by atoms with Crippen LogP contribution < -0.4 is 10.6 Å². The lowest BCUT2D eigenvalue weighted by Gasteiger charge is -2.22. The highest BCUT2D eigenvalue weighted by molar-refractivity contribution is 7.11. The standard InChI is InChI=1S/C17H27N5OS/c1-12-15(24-11-21-12)16(23)19-7-8-20-17(18-2)22-9-13-5-3-4-6-14(13)10-22/h11,13-14H,3-10H2,1-2H3,(H,18,20)(H,19,23). The number of carbonyl (C=O) groups excluding carboxylic acids is 1. The minimum absolute atomic E-state index is 0.0426. The van der Waals surface area contributed by atoms with Crippen LogP contribution in [0, 0.1) is 18.8 Å². The van der Waals surface area contributed by atoms with Gasteiger partial charge < -0.3 is 15.5 Å². The number of thiazole rings is 1. The highest BCUT2D eigenvalue weighted by Gasteiger charge is 2.35. The van der Waals surface area contributed by atoms with E-state index in [4.69, 9.17) is 0 Å². The number of amides is 1. The number of rotatable bonds is 4. The Morgan fingerprint density at radius 1 is 1.29 bits per heavy atom. The Hall–Kier alpha value is -1.63. The predicted molar refractivity (Wildman–Crippen MR) is 97.6 cm³/mol. The van der Waals surface area contributed by atoms with Crippen LogP contribution >= 0.6 is 11.3 Å². The van der Waals surface area contributed by atoms with Gasteiger partial charge in [0.25, 0.3) is 5.91 Å². The van der Waals surface area contributed by atoms with Crippen molar-refractivity contribution in [2.75, 3.05) is 33.2 Å². The van der Waals surface area contributed by atoms with Gasteiger partial charge in [0, 0.05) is 33.2 Å². The molecular weight excluding hydrogens is 322 g/mol. The Morgan fingerprint density at radius 3 is 2.54 bits per heavy atom. The summed E-state index contributed by atoms with van der Waals surface area (Å²) in [7, 11) is 1.84. The van der Waals surface area contributed by atoms with Gasteiger partial charge in [0.15, 0.2) is 5.96 Å². The maximum Gasteiger partial charge on any atom is 0.263 e. The number of carbonyl (C=O) groups is 1. The zero-order chi connectivity index (χ0) is 16.9. The molecule has 7 heteroatoms. The summed E-state index contributed by atoms with van der Waals surface area (Å²) < 4.78 is 0. The van der Waals surface area contributed by atoms with Crippen LogP contribution in [-0.2, 0) is 0 Å². The minimum atomic E-state index is -0.0426. The number of guanidine groups is 1. The number of fused-ring (bicyclic) bond motifs is 1. The summed E-state index contributed by atoms with van der Waals surface area (Å²) in [6, 6.07) is 0. The number of nitrogens with zero attached hydrogens (tertiary/aromatic N) is 3. The van der Waals surface area contributed by atoms with Crippen molar-refractivity contribution in [2.24, 2.45) is 16.8 Å². The monoisotopic (exact) mass is 349 g/mol. The molecule has 2 heterocycles. The van der Waals surface area contributed by atoms with Crippen molar-refractivity contribution in [3.63, 3.8) is 0 Å². The smallest absolute Gasteiger partial charge is 0.263 e. The maximum atomic E-state index is 12.1. The quantitative estimate of drug-likeness (QED) is 0.495. The fourth-order valence-electron chi connectivity index (χ4n) is 3.86. The molecule has 2 aliphatic rings. The van der Waals surface area contributed by atoms with E-state index >= 15 is 0 Å². The second-order valence-electron chi connectivity index (χ2n) is 6.71. The molecule has 6 nitrogen and oxygen atoms in total. The van der Waals surface area contributed by atoms with Crippen LogP contribution in [0.4, 0.5) is 0 Å². The molecule has 132 valence electrons. The van der Waals surface area contributed by atoms with Gasteiger partial charge in [0.05, 0.1) is 11.2 Å². The summed E-state index contributed by atoms with van der Waals surface area (Å²) in [5.41, 5.74) is 2.50. The lowest BCUT2D eigenvalue weighted by Crippen LogP contribution is -2.43. The average Bonchev–Trinajstić information content (AvgIpc) is 3.20. The van der Waals surface area contributed by atoms with E-state index in [1.54, 1.807) is 5.51 Å². The first-order valence-electron chi connectivity index (χ1n) is 8.83. The number of aryl methyl sites for hydroxylation is 1. The van der Waals surface area contributed by atoms with Crippen LogP contribution in [0.2, 0.25) is 0 Å².